The molecule has 1 aliphatic heterocycles. The number of rotatable bonds is 4. The maximum atomic E-state index is 13.2. The van der Waals surface area contributed by atoms with E-state index in [1.165, 1.54) is 18.2 Å². The summed E-state index contributed by atoms with van der Waals surface area (Å²) >= 11 is 0. The predicted octanol–water partition coefficient (Wildman–Crippen LogP) is 0.966. The Morgan fingerprint density at radius 3 is 2.45 bits per heavy atom. The maximum Gasteiger partial charge on any atom is 0.254 e. The van der Waals surface area contributed by atoms with Crippen LogP contribution in [0.3, 0.4) is 0 Å². The summed E-state index contributed by atoms with van der Waals surface area (Å²) < 4.78 is 13.2. The zero-order valence-corrected chi connectivity index (χ0v) is 13.0. The number of carbonyl (C=O) groups excluding carboxylic acids is 2. The summed E-state index contributed by atoms with van der Waals surface area (Å²) in [6.07, 6.45) is 0. The molecule has 1 fully saturated rings. The van der Waals surface area contributed by atoms with Crippen LogP contribution in [0.2, 0.25) is 0 Å². The number of amides is 2. The zero-order chi connectivity index (χ0) is 16.1. The van der Waals surface area contributed by atoms with Crippen LogP contribution < -0.4 is 5.32 Å². The van der Waals surface area contributed by atoms with Gasteiger partial charge in [0.2, 0.25) is 5.91 Å². The smallest absolute Gasteiger partial charge is 0.254 e. The SMILES string of the molecule is CNCC(C)C(=O)N1CCN(C(=O)c2cccc(F)c2)CC1. The van der Waals surface area contributed by atoms with Crippen molar-refractivity contribution in [2.75, 3.05) is 39.8 Å². The third-order valence-electron chi connectivity index (χ3n) is 3.88. The van der Waals surface area contributed by atoms with Crippen LogP contribution >= 0.6 is 0 Å². The molecule has 1 aromatic rings. The molecule has 1 unspecified atom stereocenters. The molecule has 22 heavy (non-hydrogen) atoms. The van der Waals surface area contributed by atoms with Crippen LogP contribution in [0.25, 0.3) is 0 Å². The summed E-state index contributed by atoms with van der Waals surface area (Å²) in [5, 5.41) is 2.99. The van der Waals surface area contributed by atoms with Gasteiger partial charge in [0.1, 0.15) is 5.82 Å². The van der Waals surface area contributed by atoms with Crippen molar-refractivity contribution < 1.29 is 14.0 Å². The molecule has 0 aliphatic carbocycles. The highest BCUT2D eigenvalue weighted by molar-refractivity contribution is 5.94. The van der Waals surface area contributed by atoms with E-state index in [9.17, 15) is 14.0 Å². The van der Waals surface area contributed by atoms with Gasteiger partial charge >= 0.3 is 0 Å². The maximum absolute atomic E-state index is 13.2. The van der Waals surface area contributed by atoms with Crippen LogP contribution in [-0.2, 0) is 4.79 Å². The van der Waals surface area contributed by atoms with Gasteiger partial charge in [-0.25, -0.2) is 4.39 Å². The standard InChI is InChI=1S/C16H22FN3O2/c1-12(11-18-2)15(21)19-6-8-20(9-7-19)16(22)13-4-3-5-14(17)10-13/h3-5,10,12,18H,6-9,11H2,1-2H3. The van der Waals surface area contributed by atoms with E-state index < -0.39 is 5.82 Å². The summed E-state index contributed by atoms with van der Waals surface area (Å²) in [6.45, 7) is 4.53. The average Bonchev–Trinajstić information content (AvgIpc) is 2.54. The minimum Gasteiger partial charge on any atom is -0.339 e. The summed E-state index contributed by atoms with van der Waals surface area (Å²) in [6, 6.07) is 5.70. The Kier molecular flexibility index (Phi) is 5.49. The van der Waals surface area contributed by atoms with Crippen LogP contribution in [0.4, 0.5) is 4.39 Å². The normalized spacial score (nSPS) is 16.5. The third-order valence-corrected chi connectivity index (χ3v) is 3.88. The Hall–Kier alpha value is -1.95. The van der Waals surface area contributed by atoms with Crippen molar-refractivity contribution in [3.8, 4) is 0 Å². The Morgan fingerprint density at radius 2 is 1.86 bits per heavy atom. The Morgan fingerprint density at radius 1 is 1.23 bits per heavy atom. The molecule has 0 bridgehead atoms. The van der Waals surface area contributed by atoms with Crippen LogP contribution in [0.5, 0.6) is 0 Å². The van der Waals surface area contributed by atoms with E-state index in [2.05, 4.69) is 5.32 Å². The molecule has 1 atom stereocenters. The number of piperazine rings is 1. The minimum atomic E-state index is -0.416. The molecule has 5 nitrogen and oxygen atoms in total. The highest BCUT2D eigenvalue weighted by Crippen LogP contribution is 2.12. The van der Waals surface area contributed by atoms with E-state index in [1.54, 1.807) is 15.9 Å². The number of hydrogen-bond acceptors (Lipinski definition) is 3. The van der Waals surface area contributed by atoms with E-state index in [4.69, 9.17) is 0 Å². The molecule has 1 saturated heterocycles. The fraction of sp³-hybridized carbons (Fsp3) is 0.500. The van der Waals surface area contributed by atoms with Crippen molar-refractivity contribution in [3.05, 3.63) is 35.6 Å². The first kappa shape index (κ1) is 16.4. The largest absolute Gasteiger partial charge is 0.339 e. The van der Waals surface area contributed by atoms with Crippen LogP contribution in [0.15, 0.2) is 24.3 Å². The molecule has 1 N–H and O–H groups in total. The van der Waals surface area contributed by atoms with E-state index in [1.807, 2.05) is 14.0 Å². The molecular weight excluding hydrogens is 285 g/mol. The van der Waals surface area contributed by atoms with Gasteiger partial charge in [0, 0.05) is 44.2 Å². The zero-order valence-electron chi connectivity index (χ0n) is 13.0. The summed E-state index contributed by atoms with van der Waals surface area (Å²) in [5.74, 6) is -0.571. The van der Waals surface area contributed by atoms with Gasteiger partial charge in [0.05, 0.1) is 0 Å². The summed E-state index contributed by atoms with van der Waals surface area (Å²) in [5.41, 5.74) is 0.350. The fourth-order valence-electron chi connectivity index (χ4n) is 2.64. The fourth-order valence-corrected chi connectivity index (χ4v) is 2.64. The number of hydrogen-bond donors (Lipinski definition) is 1. The average molecular weight is 307 g/mol. The number of carbonyl (C=O) groups is 2. The Bertz CT molecular complexity index is 542. The second-order valence-electron chi connectivity index (χ2n) is 5.59. The molecular formula is C16H22FN3O2. The Balaban J connectivity index is 1.92. The van der Waals surface area contributed by atoms with Gasteiger partial charge in [0.25, 0.3) is 5.91 Å². The lowest BCUT2D eigenvalue weighted by Gasteiger charge is -2.36. The second-order valence-corrected chi connectivity index (χ2v) is 5.59. The van der Waals surface area contributed by atoms with Crippen LogP contribution in [0, 0.1) is 11.7 Å². The van der Waals surface area contributed by atoms with Gasteiger partial charge in [0.15, 0.2) is 0 Å². The first-order valence-electron chi connectivity index (χ1n) is 7.51. The Labute approximate surface area is 130 Å². The van der Waals surface area contributed by atoms with Crippen molar-refractivity contribution in [2.45, 2.75) is 6.92 Å². The van der Waals surface area contributed by atoms with Gasteiger partial charge in [-0.3, -0.25) is 9.59 Å². The number of nitrogens with zero attached hydrogens (tertiary/aromatic N) is 2. The lowest BCUT2D eigenvalue weighted by Crippen LogP contribution is -2.52. The van der Waals surface area contributed by atoms with Gasteiger partial charge in [-0.2, -0.15) is 0 Å². The first-order valence-corrected chi connectivity index (χ1v) is 7.51. The van der Waals surface area contributed by atoms with E-state index in [-0.39, 0.29) is 17.7 Å². The van der Waals surface area contributed by atoms with E-state index in [0.29, 0.717) is 38.3 Å². The molecule has 2 rings (SSSR count). The number of benzene rings is 1. The van der Waals surface area contributed by atoms with E-state index in [0.717, 1.165) is 0 Å². The topological polar surface area (TPSA) is 52.7 Å². The molecule has 120 valence electrons. The molecule has 1 aliphatic rings. The quantitative estimate of drug-likeness (QED) is 0.902. The monoisotopic (exact) mass is 307 g/mol. The minimum absolute atomic E-state index is 0.0736. The van der Waals surface area contributed by atoms with Gasteiger partial charge in [-0.15, -0.1) is 0 Å². The molecule has 6 heteroatoms. The highest BCUT2D eigenvalue weighted by Gasteiger charge is 2.27. The van der Waals surface area contributed by atoms with Gasteiger partial charge < -0.3 is 15.1 Å². The summed E-state index contributed by atoms with van der Waals surface area (Å²) in [7, 11) is 1.82. The van der Waals surface area contributed by atoms with Crippen LogP contribution in [-0.4, -0.2) is 61.4 Å². The molecule has 2 amide bonds. The third kappa shape index (κ3) is 3.82. The number of halogens is 1. The molecule has 0 radical (unpaired) electrons. The lowest BCUT2D eigenvalue weighted by atomic mass is 10.1. The molecule has 0 spiro atoms. The van der Waals surface area contributed by atoms with Crippen molar-refractivity contribution >= 4 is 11.8 Å². The predicted molar refractivity (Wildman–Crippen MR) is 82.0 cm³/mol. The van der Waals surface area contributed by atoms with Gasteiger partial charge in [-0.1, -0.05) is 13.0 Å². The van der Waals surface area contributed by atoms with Gasteiger partial charge in [-0.05, 0) is 25.2 Å². The van der Waals surface area contributed by atoms with E-state index >= 15 is 0 Å². The van der Waals surface area contributed by atoms with Crippen molar-refractivity contribution in [3.63, 3.8) is 0 Å². The van der Waals surface area contributed by atoms with Crippen molar-refractivity contribution in [2.24, 2.45) is 5.92 Å². The molecule has 0 aromatic heterocycles. The first-order chi connectivity index (χ1) is 10.5. The number of nitrogens with one attached hydrogen (secondary N) is 1. The molecule has 1 heterocycles. The van der Waals surface area contributed by atoms with Crippen molar-refractivity contribution in [1.29, 1.82) is 0 Å². The molecule has 1 aromatic carbocycles. The molecule has 0 saturated carbocycles. The second kappa shape index (κ2) is 7.35. The van der Waals surface area contributed by atoms with Crippen molar-refractivity contribution in [1.82, 2.24) is 15.1 Å². The van der Waals surface area contributed by atoms with Crippen LogP contribution in [0.1, 0.15) is 17.3 Å². The lowest BCUT2D eigenvalue weighted by molar-refractivity contribution is -0.136. The highest BCUT2D eigenvalue weighted by atomic mass is 19.1. The summed E-state index contributed by atoms with van der Waals surface area (Å²) in [4.78, 5) is 28.0.